The summed E-state index contributed by atoms with van der Waals surface area (Å²) in [6, 6.07) is 15.8. The van der Waals surface area contributed by atoms with Crippen LogP contribution in [0.1, 0.15) is 5.56 Å². The number of rotatable bonds is 6. The first-order chi connectivity index (χ1) is 16.5. The molecule has 2 aliphatic rings. The van der Waals surface area contributed by atoms with E-state index < -0.39 is 0 Å². The van der Waals surface area contributed by atoms with Crippen molar-refractivity contribution in [3.63, 3.8) is 0 Å². The molecule has 5 rings (SSSR count). The van der Waals surface area contributed by atoms with Gasteiger partial charge in [-0.15, -0.1) is 0 Å². The fourth-order valence-electron chi connectivity index (χ4n) is 4.18. The first kappa shape index (κ1) is 22.0. The van der Waals surface area contributed by atoms with Crippen LogP contribution in [0, 0.1) is 6.92 Å². The van der Waals surface area contributed by atoms with Crippen molar-refractivity contribution in [2.75, 3.05) is 61.7 Å². The Kier molecular flexibility index (Phi) is 6.18. The van der Waals surface area contributed by atoms with E-state index in [1.54, 1.807) is 12.4 Å². The van der Waals surface area contributed by atoms with Crippen LogP contribution in [0.2, 0.25) is 0 Å². The predicted octanol–water partition coefficient (Wildman–Crippen LogP) is 3.04. The molecule has 0 atom stereocenters. The number of nitrogens with zero attached hydrogens (tertiary/aromatic N) is 5. The lowest BCUT2D eigenvalue weighted by atomic mass is 10.2. The van der Waals surface area contributed by atoms with Gasteiger partial charge in [-0.2, -0.15) is 0 Å². The molecule has 1 amide bonds. The van der Waals surface area contributed by atoms with Crippen molar-refractivity contribution in [2.45, 2.75) is 6.92 Å². The van der Waals surface area contributed by atoms with E-state index in [0.29, 0.717) is 23.7 Å². The fraction of sp³-hybridized carbons (Fsp3) is 0.320. The molecule has 3 aromatic rings. The number of amides is 1. The van der Waals surface area contributed by atoms with Gasteiger partial charge in [-0.05, 0) is 36.8 Å². The van der Waals surface area contributed by atoms with Gasteiger partial charge in [0.2, 0.25) is 12.7 Å². The summed E-state index contributed by atoms with van der Waals surface area (Å²) in [4.78, 5) is 28.0. The van der Waals surface area contributed by atoms with E-state index >= 15 is 0 Å². The highest BCUT2D eigenvalue weighted by Gasteiger charge is 2.21. The number of anilines is 4. The van der Waals surface area contributed by atoms with Crippen LogP contribution >= 0.6 is 0 Å². The summed E-state index contributed by atoms with van der Waals surface area (Å²) < 4.78 is 10.7. The standard InChI is InChI=1S/C25H28N6O3/c1-18-4-3-5-20(12-18)29(2)23-14-24(27-16-26-23)31-10-8-30(9-11-31)15-25(32)28-19-6-7-21-22(13-19)34-17-33-21/h3-7,12-14,16H,8-11,15,17H2,1-2H3,(H,28,32). The number of piperazine rings is 1. The van der Waals surface area contributed by atoms with Gasteiger partial charge in [0, 0.05) is 56.7 Å². The Bertz CT molecular complexity index is 1180. The van der Waals surface area contributed by atoms with Gasteiger partial charge in [0.05, 0.1) is 6.54 Å². The van der Waals surface area contributed by atoms with Gasteiger partial charge in [-0.3, -0.25) is 9.69 Å². The normalized spacial score (nSPS) is 15.3. The van der Waals surface area contributed by atoms with Gasteiger partial charge < -0.3 is 24.6 Å². The summed E-state index contributed by atoms with van der Waals surface area (Å²) in [5.41, 5.74) is 3.00. The molecule has 0 spiro atoms. The number of carbonyl (C=O) groups excluding carboxylic acids is 1. The van der Waals surface area contributed by atoms with Gasteiger partial charge >= 0.3 is 0 Å². The summed E-state index contributed by atoms with van der Waals surface area (Å²) in [6.07, 6.45) is 1.61. The third-order valence-electron chi connectivity index (χ3n) is 6.09. The Balaban J connectivity index is 1.15. The van der Waals surface area contributed by atoms with E-state index in [2.05, 4.69) is 55.1 Å². The minimum atomic E-state index is -0.0450. The lowest BCUT2D eigenvalue weighted by molar-refractivity contribution is -0.117. The second-order valence-electron chi connectivity index (χ2n) is 8.51. The van der Waals surface area contributed by atoms with E-state index in [1.807, 2.05) is 31.3 Å². The van der Waals surface area contributed by atoms with Gasteiger partial charge in [0.1, 0.15) is 18.0 Å². The molecule has 9 heteroatoms. The largest absolute Gasteiger partial charge is 0.454 e. The van der Waals surface area contributed by atoms with Crippen molar-refractivity contribution in [1.82, 2.24) is 14.9 Å². The number of benzene rings is 2. The molecule has 1 saturated heterocycles. The van der Waals surface area contributed by atoms with Crippen LogP contribution in [0.3, 0.4) is 0 Å². The van der Waals surface area contributed by atoms with Gasteiger partial charge in [0.15, 0.2) is 11.5 Å². The highest BCUT2D eigenvalue weighted by Crippen LogP contribution is 2.34. The lowest BCUT2D eigenvalue weighted by Crippen LogP contribution is -2.49. The van der Waals surface area contributed by atoms with Gasteiger partial charge in [-0.25, -0.2) is 9.97 Å². The van der Waals surface area contributed by atoms with Crippen LogP contribution in [0.4, 0.5) is 23.0 Å². The molecular formula is C25H28N6O3. The lowest BCUT2D eigenvalue weighted by Gasteiger charge is -2.35. The Morgan fingerprint density at radius 3 is 2.68 bits per heavy atom. The second kappa shape index (κ2) is 9.56. The molecule has 3 heterocycles. The number of carbonyl (C=O) groups is 1. The van der Waals surface area contributed by atoms with Gasteiger partial charge in [-0.1, -0.05) is 12.1 Å². The van der Waals surface area contributed by atoms with Crippen LogP contribution in [0.15, 0.2) is 54.9 Å². The number of fused-ring (bicyclic) bond motifs is 1. The summed E-state index contributed by atoms with van der Waals surface area (Å²) in [7, 11) is 2.01. The highest BCUT2D eigenvalue weighted by atomic mass is 16.7. The van der Waals surface area contributed by atoms with E-state index in [0.717, 1.165) is 43.5 Å². The average Bonchev–Trinajstić information content (AvgIpc) is 3.32. The molecule has 1 fully saturated rings. The maximum absolute atomic E-state index is 12.5. The van der Waals surface area contributed by atoms with E-state index in [4.69, 9.17) is 9.47 Å². The maximum Gasteiger partial charge on any atom is 0.238 e. The Morgan fingerprint density at radius 2 is 1.85 bits per heavy atom. The van der Waals surface area contributed by atoms with Crippen LogP contribution in [0.5, 0.6) is 11.5 Å². The number of ether oxygens (including phenoxy) is 2. The number of aryl methyl sites for hydroxylation is 1. The zero-order chi connectivity index (χ0) is 23.5. The van der Waals surface area contributed by atoms with Crippen molar-refractivity contribution in [3.8, 4) is 11.5 Å². The zero-order valence-electron chi connectivity index (χ0n) is 19.4. The maximum atomic E-state index is 12.5. The molecule has 0 unspecified atom stereocenters. The average molecular weight is 461 g/mol. The monoisotopic (exact) mass is 460 g/mol. The van der Waals surface area contributed by atoms with Crippen molar-refractivity contribution in [3.05, 3.63) is 60.4 Å². The fourth-order valence-corrected chi connectivity index (χ4v) is 4.18. The van der Waals surface area contributed by atoms with Crippen LogP contribution < -0.4 is 24.6 Å². The quantitative estimate of drug-likeness (QED) is 0.601. The molecule has 9 nitrogen and oxygen atoms in total. The van der Waals surface area contributed by atoms with E-state index in [9.17, 15) is 4.79 Å². The minimum Gasteiger partial charge on any atom is -0.454 e. The topological polar surface area (TPSA) is 83.1 Å². The van der Waals surface area contributed by atoms with Crippen molar-refractivity contribution < 1.29 is 14.3 Å². The number of hydrogen-bond acceptors (Lipinski definition) is 8. The van der Waals surface area contributed by atoms with Crippen LogP contribution in [0.25, 0.3) is 0 Å². The molecule has 176 valence electrons. The molecule has 2 aromatic carbocycles. The molecule has 1 N–H and O–H groups in total. The van der Waals surface area contributed by atoms with Crippen LogP contribution in [-0.2, 0) is 4.79 Å². The third-order valence-corrected chi connectivity index (χ3v) is 6.09. The Labute approximate surface area is 198 Å². The third kappa shape index (κ3) is 4.89. The molecule has 0 aliphatic carbocycles. The summed E-state index contributed by atoms with van der Waals surface area (Å²) >= 11 is 0. The first-order valence-corrected chi connectivity index (χ1v) is 11.3. The number of aromatic nitrogens is 2. The van der Waals surface area contributed by atoms with E-state index in [-0.39, 0.29) is 12.7 Å². The van der Waals surface area contributed by atoms with E-state index in [1.165, 1.54) is 5.56 Å². The first-order valence-electron chi connectivity index (χ1n) is 11.3. The second-order valence-corrected chi connectivity index (χ2v) is 8.51. The molecule has 34 heavy (non-hydrogen) atoms. The summed E-state index contributed by atoms with van der Waals surface area (Å²) in [6.45, 7) is 5.78. The van der Waals surface area contributed by atoms with Crippen molar-refractivity contribution >= 4 is 28.9 Å². The Morgan fingerprint density at radius 1 is 1.03 bits per heavy atom. The van der Waals surface area contributed by atoms with Crippen molar-refractivity contribution in [2.24, 2.45) is 0 Å². The zero-order valence-corrected chi connectivity index (χ0v) is 19.4. The summed E-state index contributed by atoms with van der Waals surface area (Å²) in [5, 5.41) is 2.95. The smallest absolute Gasteiger partial charge is 0.238 e. The minimum absolute atomic E-state index is 0.0450. The molecule has 0 radical (unpaired) electrons. The van der Waals surface area contributed by atoms with Crippen molar-refractivity contribution in [1.29, 1.82) is 0 Å². The predicted molar refractivity (Wildman–Crippen MR) is 131 cm³/mol. The van der Waals surface area contributed by atoms with Crippen LogP contribution in [-0.4, -0.2) is 67.3 Å². The Hall–Kier alpha value is -3.85. The highest BCUT2D eigenvalue weighted by molar-refractivity contribution is 5.92. The molecule has 1 aromatic heterocycles. The molecule has 2 aliphatic heterocycles. The number of nitrogens with one attached hydrogen (secondary N) is 1. The number of hydrogen-bond donors (Lipinski definition) is 1. The molecule has 0 saturated carbocycles. The molecular weight excluding hydrogens is 432 g/mol. The summed E-state index contributed by atoms with van der Waals surface area (Å²) in [5.74, 6) is 3.06. The molecule has 0 bridgehead atoms. The van der Waals surface area contributed by atoms with Gasteiger partial charge in [0.25, 0.3) is 0 Å². The SMILES string of the molecule is Cc1cccc(N(C)c2cc(N3CCN(CC(=O)Nc4ccc5c(c4)OCO5)CC3)ncn2)c1.